The Labute approximate surface area is 97.1 Å². The maximum atomic E-state index is 12.4. The van der Waals surface area contributed by atoms with Crippen LogP contribution in [0.5, 0.6) is 0 Å². The Morgan fingerprint density at radius 1 is 1.00 bits per heavy atom. The molecule has 2 nitrogen and oxygen atoms in total. The van der Waals surface area contributed by atoms with Crippen LogP contribution in [0.1, 0.15) is 47.0 Å². The number of carbonyl (C=O) groups excluding carboxylic acids is 2. The lowest BCUT2D eigenvalue weighted by atomic mass is 9.67. The molecule has 2 aliphatic rings. The fraction of sp³-hybridized carbons (Fsp3) is 0.714. The molecule has 0 amide bonds. The Balaban J connectivity index is 2.42. The van der Waals surface area contributed by atoms with Crippen molar-refractivity contribution < 1.29 is 9.59 Å². The van der Waals surface area contributed by atoms with Crippen LogP contribution in [0, 0.1) is 16.2 Å². The average molecular weight is 220 g/mol. The maximum absolute atomic E-state index is 12.4. The second-order valence-corrected chi connectivity index (χ2v) is 6.61. The number of hydrogen-bond acceptors (Lipinski definition) is 2. The van der Waals surface area contributed by atoms with Gasteiger partial charge in [0.2, 0.25) is 0 Å². The predicted molar refractivity (Wildman–Crippen MR) is 63.0 cm³/mol. The van der Waals surface area contributed by atoms with Crippen molar-refractivity contribution in [2.45, 2.75) is 47.0 Å². The van der Waals surface area contributed by atoms with E-state index in [4.69, 9.17) is 0 Å². The van der Waals surface area contributed by atoms with Crippen molar-refractivity contribution in [2.75, 3.05) is 0 Å². The van der Waals surface area contributed by atoms with Gasteiger partial charge in [-0.2, -0.15) is 0 Å². The third kappa shape index (κ3) is 1.47. The summed E-state index contributed by atoms with van der Waals surface area (Å²) in [6, 6.07) is 0. The summed E-state index contributed by atoms with van der Waals surface area (Å²) in [7, 11) is 0. The molecule has 0 aromatic heterocycles. The van der Waals surface area contributed by atoms with Gasteiger partial charge in [-0.25, -0.2) is 0 Å². The predicted octanol–water partition coefficient (Wildman–Crippen LogP) is 2.92. The van der Waals surface area contributed by atoms with Crippen LogP contribution in [-0.4, -0.2) is 11.6 Å². The molecular weight excluding hydrogens is 200 g/mol. The van der Waals surface area contributed by atoms with E-state index in [1.54, 1.807) is 0 Å². The van der Waals surface area contributed by atoms with Crippen LogP contribution >= 0.6 is 0 Å². The van der Waals surface area contributed by atoms with Crippen molar-refractivity contribution in [3.8, 4) is 0 Å². The molecule has 1 atom stereocenters. The Morgan fingerprint density at radius 2 is 1.62 bits per heavy atom. The highest BCUT2D eigenvalue weighted by Crippen LogP contribution is 2.51. The molecule has 2 rings (SSSR count). The molecule has 0 N–H and O–H groups in total. The molecule has 0 heterocycles. The van der Waals surface area contributed by atoms with Crippen LogP contribution in [0.4, 0.5) is 0 Å². The molecule has 2 heteroatoms. The summed E-state index contributed by atoms with van der Waals surface area (Å²) in [5, 5.41) is 0. The molecule has 16 heavy (non-hydrogen) atoms. The first-order valence-electron chi connectivity index (χ1n) is 5.98. The molecule has 0 aromatic rings. The summed E-state index contributed by atoms with van der Waals surface area (Å²) in [5.74, 6) is 0.242. The largest absolute Gasteiger partial charge is 0.298 e. The van der Waals surface area contributed by atoms with Gasteiger partial charge in [0.05, 0.1) is 0 Å². The van der Waals surface area contributed by atoms with E-state index in [1.807, 2.05) is 26.0 Å². The van der Waals surface area contributed by atoms with Crippen LogP contribution < -0.4 is 0 Å². The molecular formula is C14H20O2. The number of allylic oxidation sites excluding steroid dienone is 2. The summed E-state index contributed by atoms with van der Waals surface area (Å²) < 4.78 is 0. The zero-order valence-electron chi connectivity index (χ0n) is 10.6. The van der Waals surface area contributed by atoms with Crippen LogP contribution in [0.25, 0.3) is 0 Å². The number of carbonyl (C=O) groups is 2. The molecule has 1 saturated carbocycles. The second-order valence-electron chi connectivity index (χ2n) is 6.61. The highest BCUT2D eigenvalue weighted by Gasteiger charge is 2.57. The van der Waals surface area contributed by atoms with Crippen molar-refractivity contribution in [1.82, 2.24) is 0 Å². The van der Waals surface area contributed by atoms with Crippen molar-refractivity contribution >= 4 is 11.6 Å². The summed E-state index contributed by atoms with van der Waals surface area (Å²) in [6.07, 6.45) is 5.94. The standard InChI is InChI=1S/C14H20O2/c1-12(2)5-7-14(8-6-12)10(15)9-13(3,4)11(14)16/h5,7H,6,8-9H2,1-4H3. The molecule has 2 aliphatic carbocycles. The number of rotatable bonds is 0. The van der Waals surface area contributed by atoms with Gasteiger partial charge in [-0.15, -0.1) is 0 Å². The summed E-state index contributed by atoms with van der Waals surface area (Å²) in [6.45, 7) is 8.06. The van der Waals surface area contributed by atoms with E-state index in [0.29, 0.717) is 12.8 Å². The second kappa shape index (κ2) is 3.06. The molecule has 1 fully saturated rings. The quantitative estimate of drug-likeness (QED) is 0.464. The minimum atomic E-state index is -0.779. The number of ketones is 2. The molecule has 0 radical (unpaired) electrons. The molecule has 0 aromatic carbocycles. The minimum absolute atomic E-state index is 0.120. The maximum Gasteiger partial charge on any atom is 0.156 e. The van der Waals surface area contributed by atoms with E-state index in [9.17, 15) is 9.59 Å². The molecule has 0 bridgehead atoms. The van der Waals surface area contributed by atoms with E-state index in [2.05, 4.69) is 13.8 Å². The first-order chi connectivity index (χ1) is 7.20. The summed E-state index contributed by atoms with van der Waals surface area (Å²) >= 11 is 0. The fourth-order valence-electron chi connectivity index (χ4n) is 2.85. The van der Waals surface area contributed by atoms with Gasteiger partial charge < -0.3 is 0 Å². The molecule has 1 unspecified atom stereocenters. The monoisotopic (exact) mass is 220 g/mol. The molecule has 88 valence electrons. The Kier molecular flexibility index (Phi) is 2.21. The Hall–Kier alpha value is -0.920. The first-order valence-corrected chi connectivity index (χ1v) is 5.98. The van der Waals surface area contributed by atoms with Gasteiger partial charge in [-0.05, 0) is 18.3 Å². The zero-order chi connectivity index (χ0) is 12.2. The minimum Gasteiger partial charge on any atom is -0.298 e. The molecule has 1 spiro atoms. The number of Topliss-reactive ketones (excluding diaryl/α,β-unsaturated/α-hetero) is 2. The Bertz CT molecular complexity index is 388. The zero-order valence-corrected chi connectivity index (χ0v) is 10.6. The average Bonchev–Trinajstić information content (AvgIpc) is 2.31. The SMILES string of the molecule is CC1(C)C=CC2(CC1)C(=O)CC(C)(C)C2=O. The lowest BCUT2D eigenvalue weighted by molar-refractivity contribution is -0.135. The molecule has 0 aliphatic heterocycles. The van der Waals surface area contributed by atoms with E-state index >= 15 is 0 Å². The van der Waals surface area contributed by atoms with Crippen molar-refractivity contribution in [1.29, 1.82) is 0 Å². The topological polar surface area (TPSA) is 34.1 Å². The van der Waals surface area contributed by atoms with Gasteiger partial charge in [-0.3, -0.25) is 9.59 Å². The highest BCUT2D eigenvalue weighted by atomic mass is 16.2. The van der Waals surface area contributed by atoms with Gasteiger partial charge in [0.1, 0.15) is 5.41 Å². The lowest BCUT2D eigenvalue weighted by Crippen LogP contribution is -2.38. The van der Waals surface area contributed by atoms with Gasteiger partial charge in [0.15, 0.2) is 11.6 Å². The highest BCUT2D eigenvalue weighted by molar-refractivity contribution is 6.17. The Morgan fingerprint density at radius 3 is 2.00 bits per heavy atom. The summed E-state index contributed by atoms with van der Waals surface area (Å²) in [5.41, 5.74) is -1.12. The third-order valence-corrected chi connectivity index (χ3v) is 4.10. The van der Waals surface area contributed by atoms with E-state index in [-0.39, 0.29) is 17.0 Å². The molecule has 0 saturated heterocycles. The first kappa shape index (κ1) is 11.6. The number of hydrogen-bond donors (Lipinski definition) is 0. The van der Waals surface area contributed by atoms with Crippen molar-refractivity contribution in [2.24, 2.45) is 16.2 Å². The van der Waals surface area contributed by atoms with Gasteiger partial charge in [0, 0.05) is 11.8 Å². The van der Waals surface area contributed by atoms with Crippen LogP contribution in [-0.2, 0) is 9.59 Å². The van der Waals surface area contributed by atoms with E-state index in [1.165, 1.54) is 0 Å². The smallest absolute Gasteiger partial charge is 0.156 e. The normalized spacial score (nSPS) is 36.0. The van der Waals surface area contributed by atoms with E-state index < -0.39 is 10.8 Å². The van der Waals surface area contributed by atoms with Gasteiger partial charge >= 0.3 is 0 Å². The van der Waals surface area contributed by atoms with Gasteiger partial charge in [0.25, 0.3) is 0 Å². The summed E-state index contributed by atoms with van der Waals surface area (Å²) in [4.78, 5) is 24.5. The third-order valence-electron chi connectivity index (χ3n) is 4.10. The van der Waals surface area contributed by atoms with Crippen molar-refractivity contribution in [3.63, 3.8) is 0 Å². The van der Waals surface area contributed by atoms with Crippen LogP contribution in [0.15, 0.2) is 12.2 Å². The van der Waals surface area contributed by atoms with Crippen molar-refractivity contribution in [3.05, 3.63) is 12.2 Å². The van der Waals surface area contributed by atoms with Crippen LogP contribution in [0.3, 0.4) is 0 Å². The fourth-order valence-corrected chi connectivity index (χ4v) is 2.85. The van der Waals surface area contributed by atoms with Gasteiger partial charge in [-0.1, -0.05) is 39.8 Å². The van der Waals surface area contributed by atoms with E-state index in [0.717, 1.165) is 6.42 Å². The van der Waals surface area contributed by atoms with Crippen LogP contribution in [0.2, 0.25) is 0 Å². The lowest BCUT2D eigenvalue weighted by Gasteiger charge is -2.34.